The second-order valence-electron chi connectivity index (χ2n) is 6.92. The Hall–Kier alpha value is -2.21. The van der Waals surface area contributed by atoms with Crippen LogP contribution in [0.15, 0.2) is 28.8 Å². The monoisotopic (exact) mass is 453 g/mol. The first-order valence-electron chi connectivity index (χ1n) is 9.39. The van der Waals surface area contributed by atoms with E-state index in [1.54, 1.807) is 17.5 Å². The van der Waals surface area contributed by atoms with E-state index in [1.165, 1.54) is 30.2 Å². The third kappa shape index (κ3) is 3.66. The summed E-state index contributed by atoms with van der Waals surface area (Å²) in [6.45, 7) is 1.93. The molecule has 9 nitrogen and oxygen atoms in total. The number of hydrogen-bond acceptors (Lipinski definition) is 8. The van der Waals surface area contributed by atoms with Gasteiger partial charge in [-0.1, -0.05) is 19.4 Å². The molecule has 4 N–H and O–H groups in total. The molecule has 1 aromatic rings. The van der Waals surface area contributed by atoms with Gasteiger partial charge in [-0.05, 0) is 17.9 Å². The number of β-lactam (4-membered cyclic amide) rings is 1. The van der Waals surface area contributed by atoms with E-state index in [4.69, 9.17) is 10.5 Å². The number of hydrogen-bond donors (Lipinski definition) is 3. The van der Waals surface area contributed by atoms with Gasteiger partial charge in [-0.3, -0.25) is 19.3 Å². The topological polar surface area (TPSA) is 139 Å². The molecule has 0 spiro atoms. The number of rotatable bonds is 9. The summed E-state index contributed by atoms with van der Waals surface area (Å²) < 4.78 is 5.39. The highest BCUT2D eigenvalue weighted by Crippen LogP contribution is 2.47. The number of aliphatic carboxylic acids is 1. The molecule has 162 valence electrons. The minimum absolute atomic E-state index is 0.108. The third-order valence-corrected chi connectivity index (χ3v) is 7.36. The van der Waals surface area contributed by atoms with E-state index in [0.29, 0.717) is 11.3 Å². The van der Waals surface area contributed by atoms with Gasteiger partial charge in [-0.15, -0.1) is 23.1 Å². The van der Waals surface area contributed by atoms with Gasteiger partial charge in [0, 0.05) is 29.7 Å². The first-order valence-corrected chi connectivity index (χ1v) is 11.3. The summed E-state index contributed by atoms with van der Waals surface area (Å²) in [5, 5.41) is 13.2. The zero-order valence-corrected chi connectivity index (χ0v) is 18.2. The Balaban J connectivity index is 1.86. The number of carbonyl (C=O) groups excluding carboxylic acids is 3. The van der Waals surface area contributed by atoms with Crippen LogP contribution in [0.3, 0.4) is 0 Å². The fourth-order valence-electron chi connectivity index (χ4n) is 3.44. The molecule has 0 saturated carbocycles. The van der Waals surface area contributed by atoms with Crippen molar-refractivity contribution in [3.8, 4) is 0 Å². The van der Waals surface area contributed by atoms with Crippen LogP contribution >= 0.6 is 23.1 Å². The maximum Gasteiger partial charge on any atom is 0.353 e. The van der Waals surface area contributed by atoms with Gasteiger partial charge in [-0.25, -0.2) is 4.79 Å². The van der Waals surface area contributed by atoms with E-state index in [9.17, 15) is 24.3 Å². The molecule has 0 bridgehead atoms. The van der Waals surface area contributed by atoms with Crippen LogP contribution in [0.2, 0.25) is 0 Å². The van der Waals surface area contributed by atoms with E-state index < -0.39 is 34.9 Å². The van der Waals surface area contributed by atoms with E-state index in [2.05, 4.69) is 5.32 Å². The second kappa shape index (κ2) is 8.88. The number of ketones is 1. The van der Waals surface area contributed by atoms with Crippen molar-refractivity contribution < 1.29 is 29.0 Å². The molecule has 3 atom stereocenters. The van der Waals surface area contributed by atoms with Crippen molar-refractivity contribution in [2.24, 2.45) is 5.73 Å². The van der Waals surface area contributed by atoms with Crippen LogP contribution in [-0.4, -0.2) is 57.5 Å². The summed E-state index contributed by atoms with van der Waals surface area (Å²) in [6.07, 6.45) is 1.65. The lowest BCUT2D eigenvalue weighted by molar-refractivity contribution is -0.192. The normalized spacial score (nSPS) is 24.2. The predicted octanol–water partition coefficient (Wildman–Crippen LogP) is 1.22. The van der Waals surface area contributed by atoms with Gasteiger partial charge in [0.05, 0.1) is 0 Å². The summed E-state index contributed by atoms with van der Waals surface area (Å²) in [7, 11) is 1.26. The molecule has 3 heterocycles. The zero-order chi connectivity index (χ0) is 22.1. The van der Waals surface area contributed by atoms with Crippen molar-refractivity contribution in [2.75, 3.05) is 12.9 Å². The van der Waals surface area contributed by atoms with Gasteiger partial charge in [-0.2, -0.15) is 0 Å². The minimum Gasteiger partial charge on any atom is -0.477 e. The lowest BCUT2D eigenvalue weighted by atomic mass is 9.95. The lowest BCUT2D eigenvalue weighted by Gasteiger charge is -2.55. The molecule has 1 fully saturated rings. The lowest BCUT2D eigenvalue weighted by Crippen LogP contribution is -2.81. The highest BCUT2D eigenvalue weighted by molar-refractivity contribution is 8.00. The minimum atomic E-state index is -1.74. The smallest absolute Gasteiger partial charge is 0.353 e. The third-order valence-electron chi connectivity index (χ3n) is 5.09. The van der Waals surface area contributed by atoms with Crippen molar-refractivity contribution in [3.63, 3.8) is 0 Å². The number of thiophene rings is 1. The molecule has 30 heavy (non-hydrogen) atoms. The summed E-state index contributed by atoms with van der Waals surface area (Å²) >= 11 is 2.48. The average molecular weight is 454 g/mol. The van der Waals surface area contributed by atoms with Crippen molar-refractivity contribution >= 4 is 46.7 Å². The Morgan fingerprint density at radius 1 is 1.47 bits per heavy atom. The van der Waals surface area contributed by atoms with E-state index in [0.717, 1.165) is 11.3 Å². The number of carboxylic acids is 1. The number of nitrogens with one attached hydrogen (secondary N) is 1. The number of thioether (sulfide) groups is 1. The molecule has 2 aliphatic heterocycles. The first-order chi connectivity index (χ1) is 14.3. The predicted molar refractivity (Wildman–Crippen MR) is 111 cm³/mol. The van der Waals surface area contributed by atoms with Crippen LogP contribution in [-0.2, 0) is 23.9 Å². The van der Waals surface area contributed by atoms with Gasteiger partial charge >= 0.3 is 5.97 Å². The number of Topliss-reactive ketones (excluding diaryl/α,β-unsaturated/α-hetero) is 1. The van der Waals surface area contributed by atoms with Gasteiger partial charge < -0.3 is 20.9 Å². The molecule has 2 aliphatic rings. The molecule has 1 aromatic heterocycles. The van der Waals surface area contributed by atoms with Crippen molar-refractivity contribution in [1.29, 1.82) is 0 Å². The first kappa shape index (κ1) is 22.5. The number of carbonyl (C=O) groups is 4. The molecule has 2 unspecified atom stereocenters. The molecule has 3 rings (SSSR count). The Labute approximate surface area is 181 Å². The molecular weight excluding hydrogens is 430 g/mol. The molecular formula is C19H23N3O6S2. The number of nitrogens with zero attached hydrogens (tertiary/aromatic N) is 1. The average Bonchev–Trinajstić information content (AvgIpc) is 3.28. The van der Waals surface area contributed by atoms with E-state index in [-0.39, 0.29) is 29.2 Å². The van der Waals surface area contributed by atoms with Crippen LogP contribution in [0.4, 0.5) is 0 Å². The number of carboxylic acid groups (broad SMARTS) is 1. The SMILES string of the molecule is CCCCC(=O)C1=C(C(=O)O)N2C(=O)C(NC(=O)C(N)c3cccs3)(OC)[C@@H]2SC1. The summed E-state index contributed by atoms with van der Waals surface area (Å²) in [6, 6.07) is 2.47. The summed E-state index contributed by atoms with van der Waals surface area (Å²) in [4.78, 5) is 51.7. The van der Waals surface area contributed by atoms with Crippen LogP contribution in [0, 0.1) is 0 Å². The maximum absolute atomic E-state index is 13.0. The van der Waals surface area contributed by atoms with Crippen molar-refractivity contribution in [3.05, 3.63) is 33.7 Å². The highest BCUT2D eigenvalue weighted by atomic mass is 32.2. The number of methoxy groups -OCH3 is 1. The molecule has 1 saturated heterocycles. The van der Waals surface area contributed by atoms with Gasteiger partial charge in [0.25, 0.3) is 11.6 Å². The van der Waals surface area contributed by atoms with Crippen LogP contribution < -0.4 is 11.1 Å². The highest BCUT2D eigenvalue weighted by Gasteiger charge is 2.67. The number of ether oxygens (including phenoxy) is 1. The molecule has 0 aliphatic carbocycles. The maximum atomic E-state index is 13.0. The van der Waals surface area contributed by atoms with Gasteiger partial charge in [0.2, 0.25) is 5.91 Å². The fourth-order valence-corrected chi connectivity index (χ4v) is 5.63. The molecule has 2 amide bonds. The van der Waals surface area contributed by atoms with Crippen molar-refractivity contribution in [2.45, 2.75) is 43.3 Å². The van der Waals surface area contributed by atoms with E-state index >= 15 is 0 Å². The van der Waals surface area contributed by atoms with Crippen LogP contribution in [0.1, 0.15) is 37.1 Å². The molecule has 0 radical (unpaired) electrons. The summed E-state index contributed by atoms with van der Waals surface area (Å²) in [5.74, 6) is -2.89. The fraction of sp³-hybridized carbons (Fsp3) is 0.474. The Morgan fingerprint density at radius 3 is 2.77 bits per heavy atom. The van der Waals surface area contributed by atoms with E-state index in [1.807, 2.05) is 6.92 Å². The number of nitrogens with two attached hydrogens (primary N) is 1. The standard InChI is InChI=1S/C19H23N3O6S2/c1-3-4-6-11(23)10-9-30-18-19(28-2,17(27)22(18)14(10)16(25)26)21-15(24)13(20)12-7-5-8-29-12/h5,7-8,13,18H,3-4,6,9,20H2,1-2H3,(H,21,24)(H,25,26)/t13?,18-,19?/m0/s1. The largest absolute Gasteiger partial charge is 0.477 e. The molecule has 11 heteroatoms. The Bertz CT molecular complexity index is 900. The quantitative estimate of drug-likeness (QED) is 0.375. The van der Waals surface area contributed by atoms with Crippen molar-refractivity contribution in [1.82, 2.24) is 10.2 Å². The second-order valence-corrected chi connectivity index (χ2v) is 8.97. The number of fused-ring (bicyclic) bond motifs is 1. The van der Waals surface area contributed by atoms with Crippen LogP contribution in [0.5, 0.6) is 0 Å². The van der Waals surface area contributed by atoms with Gasteiger partial charge in [0.15, 0.2) is 5.78 Å². The van der Waals surface area contributed by atoms with Crippen LogP contribution in [0.25, 0.3) is 0 Å². The van der Waals surface area contributed by atoms with Gasteiger partial charge in [0.1, 0.15) is 17.1 Å². The number of unbranched alkanes of at least 4 members (excludes halogenated alkanes) is 1. The zero-order valence-electron chi connectivity index (χ0n) is 16.5. The summed E-state index contributed by atoms with van der Waals surface area (Å²) in [5.41, 5.74) is 4.01. The number of amides is 2. The Kier molecular flexibility index (Phi) is 6.65. The Morgan fingerprint density at radius 2 is 2.20 bits per heavy atom. The molecule has 0 aromatic carbocycles.